The van der Waals surface area contributed by atoms with E-state index in [1.165, 1.54) is 18.4 Å². The Balaban J connectivity index is 1.79. The predicted octanol–water partition coefficient (Wildman–Crippen LogP) is 4.34. The Morgan fingerprint density at radius 3 is 2.64 bits per heavy atom. The van der Waals surface area contributed by atoms with Crippen LogP contribution in [0.15, 0.2) is 46.8 Å². The normalized spacial score (nSPS) is 15.9. The van der Waals surface area contributed by atoms with Crippen LogP contribution in [0.2, 0.25) is 5.02 Å². The molecule has 0 saturated carbocycles. The number of aromatic nitrogens is 2. The third-order valence-corrected chi connectivity index (χ3v) is 7.91. The van der Waals surface area contributed by atoms with E-state index in [0.717, 1.165) is 10.8 Å². The quantitative estimate of drug-likeness (QED) is 0.396. The van der Waals surface area contributed by atoms with Gasteiger partial charge in [0.2, 0.25) is 5.95 Å². The lowest BCUT2D eigenvalue weighted by Crippen LogP contribution is -2.58. The zero-order valence-electron chi connectivity index (χ0n) is 20.1. The maximum absolute atomic E-state index is 16.3. The number of fused-ring (bicyclic) bond motifs is 2. The van der Waals surface area contributed by atoms with Crippen molar-refractivity contribution in [3.63, 3.8) is 0 Å². The lowest BCUT2D eigenvalue weighted by Gasteiger charge is -2.42. The van der Waals surface area contributed by atoms with Gasteiger partial charge in [0, 0.05) is 31.0 Å². The fraction of sp³-hybridized carbons (Fsp3) is 0.280. The number of anilines is 1. The Morgan fingerprint density at radius 1 is 1.22 bits per heavy atom. The first-order valence-electron chi connectivity index (χ1n) is 11.3. The second-order valence-electron chi connectivity index (χ2n) is 9.24. The fourth-order valence-corrected chi connectivity index (χ4v) is 5.17. The molecule has 1 aliphatic heterocycles. The molecule has 188 valence electrons. The molecular formula is C25H26ClFN6O2S. The summed E-state index contributed by atoms with van der Waals surface area (Å²) in [6, 6.07) is 12.3. The largest absolute Gasteiger partial charge is 0.508 e. The summed E-state index contributed by atoms with van der Waals surface area (Å²) in [5.41, 5.74) is 6.21. The Labute approximate surface area is 213 Å². The molecule has 1 atom stereocenters. The van der Waals surface area contributed by atoms with Gasteiger partial charge < -0.3 is 20.6 Å². The van der Waals surface area contributed by atoms with Crippen molar-refractivity contribution in [3.05, 3.63) is 53.3 Å². The number of nitrogens with two attached hydrogens (primary N) is 1. The number of benzene rings is 3. The number of hydrogen-bond donors (Lipinski definition) is 2. The van der Waals surface area contributed by atoms with E-state index in [1.54, 1.807) is 6.07 Å². The van der Waals surface area contributed by atoms with E-state index in [0.29, 0.717) is 30.6 Å². The second kappa shape index (κ2) is 9.11. The molecule has 4 aromatic rings. The minimum atomic E-state index is -2.80. The van der Waals surface area contributed by atoms with Gasteiger partial charge in [-0.1, -0.05) is 35.9 Å². The number of aromatic hydroxyl groups is 1. The van der Waals surface area contributed by atoms with Crippen LogP contribution >= 0.6 is 11.6 Å². The summed E-state index contributed by atoms with van der Waals surface area (Å²) in [7, 11) is 1.18. The van der Waals surface area contributed by atoms with Gasteiger partial charge in [-0.2, -0.15) is 9.35 Å². The maximum Gasteiger partial charge on any atom is 0.228 e. The van der Waals surface area contributed by atoms with Crippen molar-refractivity contribution >= 4 is 54.8 Å². The Hall–Kier alpha value is -3.05. The SMILES string of the molecule is CN(C)C1CN(c2nc(N=S(C)(=O)CN)c3cc(Cl)c(-c4cc(O)cc5ccccc45)c(F)c3n2)C1. The lowest BCUT2D eigenvalue weighted by molar-refractivity contribution is 0.245. The van der Waals surface area contributed by atoms with Gasteiger partial charge in [0.15, 0.2) is 11.6 Å². The van der Waals surface area contributed by atoms with Crippen LogP contribution in [0.4, 0.5) is 16.2 Å². The molecule has 11 heteroatoms. The summed E-state index contributed by atoms with van der Waals surface area (Å²) in [5.74, 6) is -0.492. The summed E-state index contributed by atoms with van der Waals surface area (Å²) in [6.07, 6.45) is 1.43. The number of hydrogen-bond acceptors (Lipinski definition) is 8. The van der Waals surface area contributed by atoms with Crippen molar-refractivity contribution in [1.29, 1.82) is 0 Å². The number of halogens is 2. The molecule has 1 saturated heterocycles. The highest BCUT2D eigenvalue weighted by atomic mass is 35.5. The smallest absolute Gasteiger partial charge is 0.228 e. The van der Waals surface area contributed by atoms with Crippen molar-refractivity contribution in [2.75, 3.05) is 44.2 Å². The van der Waals surface area contributed by atoms with Gasteiger partial charge in [-0.25, -0.2) is 13.6 Å². The van der Waals surface area contributed by atoms with Gasteiger partial charge in [0.25, 0.3) is 0 Å². The average molecular weight is 529 g/mol. The molecule has 0 radical (unpaired) electrons. The van der Waals surface area contributed by atoms with Crippen molar-refractivity contribution in [2.45, 2.75) is 6.04 Å². The number of nitrogens with zero attached hydrogens (tertiary/aromatic N) is 5. The Morgan fingerprint density at radius 2 is 1.94 bits per heavy atom. The summed E-state index contributed by atoms with van der Waals surface area (Å²) < 4.78 is 33.4. The van der Waals surface area contributed by atoms with E-state index in [4.69, 9.17) is 17.3 Å². The van der Waals surface area contributed by atoms with E-state index >= 15 is 4.39 Å². The molecule has 3 N–H and O–H groups in total. The highest BCUT2D eigenvalue weighted by Crippen LogP contribution is 2.42. The van der Waals surface area contributed by atoms with Crippen LogP contribution in [-0.4, -0.2) is 69.5 Å². The molecule has 0 aliphatic carbocycles. The molecule has 1 fully saturated rings. The third kappa shape index (κ3) is 4.34. The van der Waals surface area contributed by atoms with Gasteiger partial charge in [-0.3, -0.25) is 0 Å². The molecule has 8 nitrogen and oxygen atoms in total. The van der Waals surface area contributed by atoms with Gasteiger partial charge >= 0.3 is 0 Å². The lowest BCUT2D eigenvalue weighted by atomic mass is 9.96. The standard InChI is InChI=1S/C25H26ClFN6O2S/c1-32(2)15-11-33(12-15)25-29-23-19(24(30-25)31-36(3,35)13-28)10-20(26)21(22(23)27)18-9-16(34)8-14-6-4-5-7-17(14)18/h4-10,15,34H,11-13,28H2,1-3H3. The highest BCUT2D eigenvalue weighted by Gasteiger charge is 2.31. The summed E-state index contributed by atoms with van der Waals surface area (Å²) >= 11 is 6.64. The Kier molecular flexibility index (Phi) is 6.24. The molecule has 0 bridgehead atoms. The van der Waals surface area contributed by atoms with Crippen LogP contribution in [-0.2, 0) is 9.73 Å². The number of phenolic OH excluding ortho intramolecular Hbond substituents is 1. The van der Waals surface area contributed by atoms with Crippen LogP contribution in [0, 0.1) is 5.82 Å². The molecule has 1 aliphatic rings. The minimum Gasteiger partial charge on any atom is -0.508 e. The van der Waals surface area contributed by atoms with Crippen LogP contribution in [0.1, 0.15) is 0 Å². The molecule has 1 aromatic heterocycles. The van der Waals surface area contributed by atoms with E-state index in [1.807, 2.05) is 43.3 Å². The van der Waals surface area contributed by atoms with E-state index in [2.05, 4.69) is 19.2 Å². The molecule has 0 spiro atoms. The second-order valence-corrected chi connectivity index (χ2v) is 12.1. The number of rotatable bonds is 5. The minimum absolute atomic E-state index is 0.00565. The molecule has 1 unspecified atom stereocenters. The number of phenols is 1. The van der Waals surface area contributed by atoms with Crippen LogP contribution in [0.25, 0.3) is 32.8 Å². The summed E-state index contributed by atoms with van der Waals surface area (Å²) in [6.45, 7) is 1.32. The molecule has 3 aromatic carbocycles. The summed E-state index contributed by atoms with van der Waals surface area (Å²) in [4.78, 5) is 13.1. The van der Waals surface area contributed by atoms with E-state index in [9.17, 15) is 9.32 Å². The third-order valence-electron chi connectivity index (χ3n) is 6.43. The predicted molar refractivity (Wildman–Crippen MR) is 144 cm³/mol. The topological polar surface area (TPSA) is 108 Å². The first-order chi connectivity index (χ1) is 17.1. The molecule has 0 amide bonds. The molecule has 36 heavy (non-hydrogen) atoms. The van der Waals surface area contributed by atoms with Crippen molar-refractivity contribution in [1.82, 2.24) is 14.9 Å². The van der Waals surface area contributed by atoms with Crippen molar-refractivity contribution in [3.8, 4) is 16.9 Å². The molecule has 5 rings (SSSR count). The van der Waals surface area contributed by atoms with Crippen molar-refractivity contribution in [2.24, 2.45) is 10.1 Å². The monoisotopic (exact) mass is 528 g/mol. The molecule has 2 heterocycles. The Bertz CT molecular complexity index is 1630. The van der Waals surface area contributed by atoms with Crippen LogP contribution in [0.5, 0.6) is 5.75 Å². The van der Waals surface area contributed by atoms with Crippen LogP contribution in [0.3, 0.4) is 0 Å². The summed E-state index contributed by atoms with van der Waals surface area (Å²) in [5, 5.41) is 12.1. The molecular weight excluding hydrogens is 503 g/mol. The van der Waals surface area contributed by atoms with Gasteiger partial charge in [0.1, 0.15) is 11.3 Å². The zero-order chi connectivity index (χ0) is 25.8. The first kappa shape index (κ1) is 24.6. The maximum atomic E-state index is 16.3. The highest BCUT2D eigenvalue weighted by molar-refractivity contribution is 7.93. The fourth-order valence-electron chi connectivity index (χ4n) is 4.29. The van der Waals surface area contributed by atoms with Gasteiger partial charge in [-0.05, 0) is 48.6 Å². The van der Waals surface area contributed by atoms with Crippen LogP contribution < -0.4 is 10.6 Å². The van der Waals surface area contributed by atoms with Gasteiger partial charge in [0.05, 0.1) is 26.0 Å². The number of likely N-dealkylation sites (N-methyl/N-ethyl adjacent to an activating group) is 1. The average Bonchev–Trinajstić information content (AvgIpc) is 2.78. The van der Waals surface area contributed by atoms with E-state index < -0.39 is 15.5 Å². The van der Waals surface area contributed by atoms with Gasteiger partial charge in [-0.15, -0.1) is 0 Å². The zero-order valence-corrected chi connectivity index (χ0v) is 21.6. The van der Waals surface area contributed by atoms with Crippen molar-refractivity contribution < 1.29 is 13.7 Å². The first-order valence-corrected chi connectivity index (χ1v) is 13.8. The van der Waals surface area contributed by atoms with E-state index in [-0.39, 0.29) is 38.9 Å².